The Hall–Kier alpha value is -2.93. The lowest BCUT2D eigenvalue weighted by Crippen LogP contribution is -2.34. The van der Waals surface area contributed by atoms with Crippen LogP contribution in [0.2, 0.25) is 5.02 Å². The maximum Gasteiger partial charge on any atom is 0.265 e. The van der Waals surface area contributed by atoms with E-state index in [9.17, 15) is 17.2 Å². The molecule has 2 aromatic heterocycles. The second-order valence-electron chi connectivity index (χ2n) is 8.03. The van der Waals surface area contributed by atoms with Gasteiger partial charge in [-0.15, -0.1) is 11.3 Å². The van der Waals surface area contributed by atoms with Crippen molar-refractivity contribution < 1.29 is 17.2 Å². The summed E-state index contributed by atoms with van der Waals surface area (Å²) in [5, 5.41) is 10.9. The van der Waals surface area contributed by atoms with Crippen LogP contribution in [0.25, 0.3) is 0 Å². The van der Waals surface area contributed by atoms with Gasteiger partial charge in [-0.3, -0.25) is 9.40 Å². The Morgan fingerprint density at radius 1 is 1.11 bits per heavy atom. The predicted octanol–water partition coefficient (Wildman–Crippen LogP) is 5.06. The van der Waals surface area contributed by atoms with Crippen LogP contribution in [0.4, 0.5) is 14.5 Å². The van der Waals surface area contributed by atoms with E-state index in [1.54, 1.807) is 6.92 Å². The van der Waals surface area contributed by atoms with Crippen LogP contribution in [0.15, 0.2) is 47.4 Å². The number of nitrogens with one attached hydrogen (secondary N) is 2. The maximum atomic E-state index is 14.9. The van der Waals surface area contributed by atoms with Crippen LogP contribution in [0, 0.1) is 25.5 Å². The maximum absolute atomic E-state index is 14.9. The first-order valence-corrected chi connectivity index (χ1v) is 13.5. The van der Waals surface area contributed by atoms with Crippen molar-refractivity contribution in [2.45, 2.75) is 44.8 Å². The van der Waals surface area contributed by atoms with Gasteiger partial charge in [0.2, 0.25) is 0 Å². The van der Waals surface area contributed by atoms with E-state index in [1.165, 1.54) is 35.6 Å². The molecule has 1 atom stereocenters. The first kappa shape index (κ1) is 26.1. The zero-order valence-electron chi connectivity index (χ0n) is 19.6. The van der Waals surface area contributed by atoms with Gasteiger partial charge >= 0.3 is 0 Å². The summed E-state index contributed by atoms with van der Waals surface area (Å²) in [6.45, 7) is 6.08. The third-order valence-corrected chi connectivity index (χ3v) is 8.82. The molecule has 13 heteroatoms. The zero-order valence-corrected chi connectivity index (χ0v) is 22.0. The van der Waals surface area contributed by atoms with Crippen molar-refractivity contribution in [1.29, 1.82) is 0 Å². The number of benzene rings is 2. The number of H-pyrrole nitrogens is 1. The number of aromatic amines is 1. The minimum atomic E-state index is -4.31. The van der Waals surface area contributed by atoms with Gasteiger partial charge < -0.3 is 5.32 Å². The molecule has 0 bridgehead atoms. The molecule has 0 aliphatic heterocycles. The van der Waals surface area contributed by atoms with Crippen LogP contribution in [0.1, 0.15) is 40.2 Å². The molecule has 0 saturated carbocycles. The molecule has 190 valence electrons. The van der Waals surface area contributed by atoms with Crippen LogP contribution in [-0.2, 0) is 23.1 Å². The number of hydrogen-bond donors (Lipinski definition) is 2. The normalized spacial score (nSPS) is 12.6. The summed E-state index contributed by atoms with van der Waals surface area (Å²) in [5.74, 6) is -0.316. The molecular weight excluding hydrogens is 530 g/mol. The molecule has 8 nitrogen and oxygen atoms in total. The molecule has 2 N–H and O–H groups in total. The van der Waals surface area contributed by atoms with Crippen molar-refractivity contribution in [3.05, 3.63) is 86.3 Å². The van der Waals surface area contributed by atoms with Crippen LogP contribution < -0.4 is 9.62 Å². The molecule has 0 radical (unpaired) electrons. The van der Waals surface area contributed by atoms with E-state index in [0.29, 0.717) is 40.5 Å². The highest BCUT2D eigenvalue weighted by molar-refractivity contribution is 7.92. The Morgan fingerprint density at radius 2 is 1.83 bits per heavy atom. The highest BCUT2D eigenvalue weighted by Gasteiger charge is 2.34. The number of nitrogens with zero attached hydrogens (tertiary/aromatic N) is 4. The third kappa shape index (κ3) is 5.56. The lowest BCUT2D eigenvalue weighted by molar-refractivity contribution is 0.570. The fraction of sp³-hybridized carbons (Fsp3) is 0.261. The first-order valence-electron chi connectivity index (χ1n) is 10.9. The monoisotopic (exact) mass is 552 g/mol. The number of rotatable bonds is 9. The fourth-order valence-corrected chi connectivity index (χ4v) is 6.46. The summed E-state index contributed by atoms with van der Waals surface area (Å²) in [5.41, 5.74) is 0.286. The molecule has 2 aromatic carbocycles. The van der Waals surface area contributed by atoms with Gasteiger partial charge in [0.25, 0.3) is 10.0 Å². The van der Waals surface area contributed by atoms with E-state index in [-0.39, 0.29) is 4.90 Å². The lowest BCUT2D eigenvalue weighted by atomic mass is 10.2. The minimum Gasteiger partial charge on any atom is -0.305 e. The van der Waals surface area contributed by atoms with Crippen molar-refractivity contribution in [3.63, 3.8) is 0 Å². The van der Waals surface area contributed by atoms with Crippen LogP contribution in [0.5, 0.6) is 0 Å². The molecule has 0 fully saturated rings. The predicted molar refractivity (Wildman–Crippen MR) is 134 cm³/mol. The van der Waals surface area contributed by atoms with Crippen LogP contribution >= 0.6 is 22.9 Å². The van der Waals surface area contributed by atoms with E-state index in [4.69, 9.17) is 11.6 Å². The second-order valence-corrected chi connectivity index (χ2v) is 11.4. The van der Waals surface area contributed by atoms with Crippen molar-refractivity contribution >= 4 is 38.6 Å². The van der Waals surface area contributed by atoms with Gasteiger partial charge in [0.1, 0.15) is 22.5 Å². The van der Waals surface area contributed by atoms with Crippen molar-refractivity contribution in [2.24, 2.45) is 0 Å². The quantitative estimate of drug-likeness (QED) is 0.301. The molecular formula is C23H23ClF2N6O2S2. The molecule has 4 aromatic rings. The number of halogens is 3. The topological polar surface area (TPSA) is 104 Å². The Bertz CT molecular complexity index is 1470. The Kier molecular flexibility index (Phi) is 7.69. The summed E-state index contributed by atoms with van der Waals surface area (Å²) in [6, 6.07) is 7.25. The third-order valence-electron chi connectivity index (χ3n) is 5.35. The van der Waals surface area contributed by atoms with Crippen molar-refractivity contribution in [3.8, 4) is 0 Å². The summed E-state index contributed by atoms with van der Waals surface area (Å²) in [4.78, 5) is 9.56. The van der Waals surface area contributed by atoms with E-state index in [0.717, 1.165) is 27.4 Å². The van der Waals surface area contributed by atoms with E-state index in [2.05, 4.69) is 25.5 Å². The standard InChI is InChI=1S/C23H23ClF2N6O2S2/c1-13-21(11-27-12-22-29-15(3)30-31-22)35-23(28-13)14(2)32(20-10-17(25)6-9-19(20)26)36(33,34)18-7-4-16(24)5-8-18/h4-10,14,27H,11-12H2,1-3H3,(H,29,30,31). The lowest BCUT2D eigenvalue weighted by Gasteiger charge is -2.29. The highest BCUT2D eigenvalue weighted by Crippen LogP contribution is 2.37. The SMILES string of the molecule is Cc1nc(CNCc2sc(C(C)N(c3cc(F)ccc3F)S(=O)(=O)c3ccc(Cl)cc3)nc2C)n[nH]1. The number of aryl methyl sites for hydroxylation is 2. The number of aromatic nitrogens is 4. The van der Waals surface area contributed by atoms with Gasteiger partial charge in [-0.1, -0.05) is 11.6 Å². The molecule has 0 aliphatic rings. The average Bonchev–Trinajstić information content (AvgIpc) is 3.41. The number of sulfonamides is 1. The number of thiazole rings is 1. The fourth-order valence-electron chi connectivity index (χ4n) is 3.57. The number of anilines is 1. The van der Waals surface area contributed by atoms with Crippen LogP contribution in [0.3, 0.4) is 0 Å². The summed E-state index contributed by atoms with van der Waals surface area (Å²) < 4.78 is 57.2. The first-order chi connectivity index (χ1) is 17.1. The number of hydrogen-bond acceptors (Lipinski definition) is 7. The largest absolute Gasteiger partial charge is 0.305 e. The van der Waals surface area contributed by atoms with E-state index in [1.807, 2.05) is 13.8 Å². The minimum absolute atomic E-state index is 0.112. The Balaban J connectivity index is 1.67. The Morgan fingerprint density at radius 3 is 2.50 bits per heavy atom. The molecule has 36 heavy (non-hydrogen) atoms. The summed E-state index contributed by atoms with van der Waals surface area (Å²) in [7, 11) is -4.31. The molecule has 1 unspecified atom stereocenters. The molecule has 0 amide bonds. The van der Waals surface area contributed by atoms with Crippen LogP contribution in [-0.4, -0.2) is 28.6 Å². The van der Waals surface area contributed by atoms with Gasteiger partial charge in [-0.25, -0.2) is 27.2 Å². The van der Waals surface area contributed by atoms with Gasteiger partial charge in [0.05, 0.1) is 28.9 Å². The molecule has 0 aliphatic carbocycles. The summed E-state index contributed by atoms with van der Waals surface area (Å²) in [6.07, 6.45) is 0. The Labute approximate surface area is 216 Å². The molecule has 0 saturated heterocycles. The summed E-state index contributed by atoms with van der Waals surface area (Å²) >= 11 is 7.21. The van der Waals surface area contributed by atoms with E-state index < -0.39 is 33.4 Å². The van der Waals surface area contributed by atoms with Crippen molar-refractivity contribution in [1.82, 2.24) is 25.5 Å². The smallest absolute Gasteiger partial charge is 0.265 e. The average molecular weight is 553 g/mol. The van der Waals surface area contributed by atoms with Crippen molar-refractivity contribution in [2.75, 3.05) is 4.31 Å². The molecule has 0 spiro atoms. The highest BCUT2D eigenvalue weighted by atomic mass is 35.5. The molecule has 2 heterocycles. The van der Waals surface area contributed by atoms with Gasteiger partial charge in [0, 0.05) is 22.5 Å². The molecule has 4 rings (SSSR count). The van der Waals surface area contributed by atoms with E-state index >= 15 is 0 Å². The van der Waals surface area contributed by atoms with Gasteiger partial charge in [0.15, 0.2) is 5.82 Å². The zero-order chi connectivity index (χ0) is 26.0. The van der Waals surface area contributed by atoms with Gasteiger partial charge in [-0.2, -0.15) is 5.10 Å². The van der Waals surface area contributed by atoms with Gasteiger partial charge in [-0.05, 0) is 57.2 Å². The second kappa shape index (κ2) is 10.6.